The fraction of sp³-hybridized carbons (Fsp3) is 0.250. The second kappa shape index (κ2) is 7.03. The summed E-state index contributed by atoms with van der Waals surface area (Å²) in [4.78, 5) is 1.34. The van der Waals surface area contributed by atoms with Crippen molar-refractivity contribution in [3.8, 4) is 0 Å². The Hall–Kier alpha value is -1.72. The summed E-state index contributed by atoms with van der Waals surface area (Å²) in [5, 5.41) is 0.560. The molecule has 2 N–H and O–H groups in total. The summed E-state index contributed by atoms with van der Waals surface area (Å²) >= 11 is 5.79. The molecule has 0 aliphatic carbocycles. The van der Waals surface area contributed by atoms with Crippen LogP contribution in [0.1, 0.15) is 11.1 Å². The lowest BCUT2D eigenvalue weighted by atomic mass is 10.1. The predicted octanol–water partition coefficient (Wildman–Crippen LogP) is 4.49. The number of nitrogens with two attached hydrogens (primary N) is 1. The molecule has 2 rings (SSSR count). The zero-order valence-corrected chi connectivity index (χ0v) is 12.5. The number of alkyl halides is 3. The molecule has 0 aromatic heterocycles. The van der Waals surface area contributed by atoms with Crippen LogP contribution in [0.5, 0.6) is 0 Å². The number of nitrogens with zero attached hydrogens (tertiary/aromatic N) is 1. The third kappa shape index (κ3) is 5.58. The Morgan fingerprint density at radius 2 is 1.32 bits per heavy atom. The zero-order chi connectivity index (χ0) is 16.2. The zero-order valence-electron chi connectivity index (χ0n) is 11.8. The summed E-state index contributed by atoms with van der Waals surface area (Å²) in [6.45, 7) is -0.580. The van der Waals surface area contributed by atoms with Gasteiger partial charge in [-0.1, -0.05) is 35.9 Å². The summed E-state index contributed by atoms with van der Waals surface area (Å²) in [6.07, 6.45) is -4.25. The lowest BCUT2D eigenvalue weighted by molar-refractivity contribution is -0.148. The van der Waals surface area contributed by atoms with Crippen LogP contribution in [0.4, 0.5) is 18.9 Å². The second-order valence-corrected chi connectivity index (χ2v) is 5.56. The third-order valence-electron chi connectivity index (χ3n) is 3.11. The lowest BCUT2D eigenvalue weighted by Gasteiger charge is -2.24. The van der Waals surface area contributed by atoms with Crippen molar-refractivity contribution in [2.24, 2.45) is 0 Å². The Labute approximate surface area is 132 Å². The number of anilines is 1. The SMILES string of the molecule is Nc1ccc(CN(Cc2ccc(Cl)cc2)CC(F)(F)F)cc1. The van der Waals surface area contributed by atoms with Gasteiger partial charge in [-0.3, -0.25) is 4.90 Å². The van der Waals surface area contributed by atoms with E-state index in [2.05, 4.69) is 0 Å². The van der Waals surface area contributed by atoms with Gasteiger partial charge >= 0.3 is 6.18 Å². The maximum Gasteiger partial charge on any atom is 0.401 e. The quantitative estimate of drug-likeness (QED) is 0.820. The van der Waals surface area contributed by atoms with E-state index in [-0.39, 0.29) is 13.1 Å². The van der Waals surface area contributed by atoms with E-state index in [1.54, 1.807) is 48.5 Å². The molecule has 118 valence electrons. The first-order valence-corrected chi connectivity index (χ1v) is 7.07. The van der Waals surface area contributed by atoms with Crippen LogP contribution in [0.3, 0.4) is 0 Å². The average Bonchev–Trinajstić information content (AvgIpc) is 2.42. The van der Waals surface area contributed by atoms with Gasteiger partial charge in [0.15, 0.2) is 0 Å². The van der Waals surface area contributed by atoms with Gasteiger partial charge in [-0.05, 0) is 35.4 Å². The lowest BCUT2D eigenvalue weighted by Crippen LogP contribution is -2.33. The van der Waals surface area contributed by atoms with Crippen LogP contribution < -0.4 is 5.73 Å². The molecule has 0 aliphatic heterocycles. The third-order valence-corrected chi connectivity index (χ3v) is 3.36. The molecule has 22 heavy (non-hydrogen) atoms. The van der Waals surface area contributed by atoms with E-state index < -0.39 is 12.7 Å². The van der Waals surface area contributed by atoms with Crippen molar-refractivity contribution in [1.82, 2.24) is 4.90 Å². The highest BCUT2D eigenvalue weighted by Crippen LogP contribution is 2.21. The second-order valence-electron chi connectivity index (χ2n) is 5.13. The minimum absolute atomic E-state index is 0.195. The van der Waals surface area contributed by atoms with Gasteiger partial charge in [0, 0.05) is 23.8 Å². The molecule has 0 spiro atoms. The maximum absolute atomic E-state index is 12.8. The van der Waals surface area contributed by atoms with Crippen molar-refractivity contribution >= 4 is 17.3 Å². The molecule has 0 unspecified atom stereocenters. The van der Waals surface area contributed by atoms with Gasteiger partial charge in [0.2, 0.25) is 0 Å². The summed E-state index contributed by atoms with van der Waals surface area (Å²) in [5.41, 5.74) is 7.74. The maximum atomic E-state index is 12.8. The van der Waals surface area contributed by atoms with Gasteiger partial charge in [-0.25, -0.2) is 0 Å². The largest absolute Gasteiger partial charge is 0.401 e. The Balaban J connectivity index is 2.11. The number of halogens is 4. The first kappa shape index (κ1) is 16.6. The van der Waals surface area contributed by atoms with Gasteiger partial charge < -0.3 is 5.73 Å². The van der Waals surface area contributed by atoms with Gasteiger partial charge in [-0.2, -0.15) is 13.2 Å². The highest BCUT2D eigenvalue weighted by atomic mass is 35.5. The van der Waals surface area contributed by atoms with E-state index in [0.717, 1.165) is 11.1 Å². The number of rotatable bonds is 5. The smallest absolute Gasteiger partial charge is 0.399 e. The molecule has 0 bridgehead atoms. The molecule has 2 aromatic carbocycles. The normalized spacial score (nSPS) is 11.9. The summed E-state index contributed by atoms with van der Waals surface area (Å²) in [6, 6.07) is 13.6. The molecule has 0 aliphatic rings. The summed E-state index contributed by atoms with van der Waals surface area (Å²) in [5.74, 6) is 0. The van der Waals surface area contributed by atoms with Crippen LogP contribution >= 0.6 is 11.6 Å². The molecular weight excluding hydrogens is 313 g/mol. The highest BCUT2D eigenvalue weighted by molar-refractivity contribution is 6.30. The van der Waals surface area contributed by atoms with Gasteiger partial charge in [-0.15, -0.1) is 0 Å². The molecule has 2 aromatic rings. The Bertz CT molecular complexity index is 547. The van der Waals surface area contributed by atoms with E-state index in [4.69, 9.17) is 17.3 Å². The molecule has 0 heterocycles. The van der Waals surface area contributed by atoms with Crippen molar-refractivity contribution < 1.29 is 13.2 Å². The van der Waals surface area contributed by atoms with Gasteiger partial charge in [0.05, 0.1) is 6.54 Å². The molecular formula is C16H16ClF3N2. The fourth-order valence-electron chi connectivity index (χ4n) is 2.15. The van der Waals surface area contributed by atoms with E-state index in [1.165, 1.54) is 4.90 Å². The van der Waals surface area contributed by atoms with Crippen LogP contribution in [0.2, 0.25) is 5.02 Å². The number of nitrogen functional groups attached to an aromatic ring is 1. The average molecular weight is 329 g/mol. The minimum atomic E-state index is -4.25. The first-order chi connectivity index (χ1) is 10.3. The molecule has 2 nitrogen and oxygen atoms in total. The Morgan fingerprint density at radius 3 is 1.77 bits per heavy atom. The van der Waals surface area contributed by atoms with Gasteiger partial charge in [0.25, 0.3) is 0 Å². The molecule has 0 saturated heterocycles. The Kier molecular flexibility index (Phi) is 5.32. The Morgan fingerprint density at radius 1 is 0.864 bits per heavy atom. The number of hydrogen-bond donors (Lipinski definition) is 1. The molecule has 0 radical (unpaired) electrons. The van der Waals surface area contributed by atoms with Crippen molar-refractivity contribution in [2.75, 3.05) is 12.3 Å². The summed E-state index contributed by atoms with van der Waals surface area (Å²) < 4.78 is 38.3. The van der Waals surface area contributed by atoms with Crippen molar-refractivity contribution in [1.29, 1.82) is 0 Å². The predicted molar refractivity (Wildman–Crippen MR) is 82.5 cm³/mol. The topological polar surface area (TPSA) is 29.3 Å². The minimum Gasteiger partial charge on any atom is -0.399 e. The van der Waals surface area contributed by atoms with Crippen LogP contribution in [0, 0.1) is 0 Å². The van der Waals surface area contributed by atoms with Crippen molar-refractivity contribution in [2.45, 2.75) is 19.3 Å². The monoisotopic (exact) mass is 328 g/mol. The molecule has 0 fully saturated rings. The van der Waals surface area contributed by atoms with Crippen LogP contribution in [0.15, 0.2) is 48.5 Å². The van der Waals surface area contributed by atoms with Crippen LogP contribution in [-0.4, -0.2) is 17.6 Å². The number of benzene rings is 2. The van der Waals surface area contributed by atoms with Crippen LogP contribution in [0.25, 0.3) is 0 Å². The molecule has 0 amide bonds. The van der Waals surface area contributed by atoms with E-state index >= 15 is 0 Å². The van der Waals surface area contributed by atoms with E-state index in [9.17, 15) is 13.2 Å². The van der Waals surface area contributed by atoms with Crippen molar-refractivity contribution in [3.63, 3.8) is 0 Å². The molecule has 6 heteroatoms. The van der Waals surface area contributed by atoms with Crippen molar-refractivity contribution in [3.05, 3.63) is 64.7 Å². The molecule has 0 atom stereocenters. The van der Waals surface area contributed by atoms with E-state index in [0.29, 0.717) is 10.7 Å². The first-order valence-electron chi connectivity index (χ1n) is 6.70. The summed E-state index contributed by atoms with van der Waals surface area (Å²) in [7, 11) is 0. The van der Waals surface area contributed by atoms with Crippen LogP contribution in [-0.2, 0) is 13.1 Å². The van der Waals surface area contributed by atoms with E-state index in [1.807, 2.05) is 0 Å². The number of hydrogen-bond acceptors (Lipinski definition) is 2. The standard InChI is InChI=1S/C16H16ClF3N2/c17-14-5-1-12(2-6-14)9-22(11-16(18,19)20)10-13-3-7-15(21)8-4-13/h1-8H,9-11,21H2. The molecule has 0 saturated carbocycles. The fourth-order valence-corrected chi connectivity index (χ4v) is 2.28. The highest BCUT2D eigenvalue weighted by Gasteiger charge is 2.30. The van der Waals surface area contributed by atoms with Gasteiger partial charge in [0.1, 0.15) is 0 Å².